The van der Waals surface area contributed by atoms with Crippen LogP contribution in [0.25, 0.3) is 5.78 Å². The lowest BCUT2D eigenvalue weighted by Gasteiger charge is -2.07. The predicted molar refractivity (Wildman–Crippen MR) is 55.3 cm³/mol. The van der Waals surface area contributed by atoms with E-state index in [2.05, 4.69) is 15.1 Å². The molecule has 1 fully saturated rings. The first-order valence-corrected chi connectivity index (χ1v) is 5.44. The first-order valence-electron chi connectivity index (χ1n) is 5.44. The summed E-state index contributed by atoms with van der Waals surface area (Å²) in [5.41, 5.74) is -2.35. The summed E-state index contributed by atoms with van der Waals surface area (Å²) in [6, 6.07) is 0. The third kappa shape index (κ3) is 1.59. The number of nitrogens with one attached hydrogen (secondary N) is 1. The van der Waals surface area contributed by atoms with E-state index in [1.807, 2.05) is 0 Å². The number of halogens is 3. The summed E-state index contributed by atoms with van der Waals surface area (Å²) in [7, 11) is 0. The van der Waals surface area contributed by atoms with Crippen molar-refractivity contribution in [3.8, 4) is 0 Å². The fraction of sp³-hybridized carbons (Fsp3) is 0.500. The molecule has 2 aromatic rings. The van der Waals surface area contributed by atoms with Crippen LogP contribution < -0.4 is 5.56 Å². The molecule has 2 heterocycles. The van der Waals surface area contributed by atoms with Gasteiger partial charge in [0, 0.05) is 11.5 Å². The minimum absolute atomic E-state index is 0.209. The molecule has 0 atom stereocenters. The van der Waals surface area contributed by atoms with Crippen molar-refractivity contribution in [2.24, 2.45) is 0 Å². The summed E-state index contributed by atoms with van der Waals surface area (Å²) in [5.74, 6) is 0.513. The van der Waals surface area contributed by atoms with Crippen molar-refractivity contribution in [1.29, 1.82) is 0 Å². The van der Waals surface area contributed by atoms with Crippen molar-refractivity contribution in [1.82, 2.24) is 19.6 Å². The summed E-state index contributed by atoms with van der Waals surface area (Å²) in [6.07, 6.45) is -2.78. The molecule has 0 saturated heterocycles. The van der Waals surface area contributed by atoms with Crippen LogP contribution in [0.15, 0.2) is 4.79 Å². The smallest absolute Gasteiger partial charge is 0.275 e. The van der Waals surface area contributed by atoms with Crippen molar-refractivity contribution < 1.29 is 13.2 Å². The highest BCUT2D eigenvalue weighted by atomic mass is 19.4. The number of hydrogen-bond acceptors (Lipinski definition) is 3. The van der Waals surface area contributed by atoms with E-state index in [1.54, 1.807) is 0 Å². The molecule has 1 aliphatic rings. The van der Waals surface area contributed by atoms with Crippen LogP contribution in [0.3, 0.4) is 0 Å². The Morgan fingerprint density at radius 3 is 2.56 bits per heavy atom. The zero-order chi connectivity index (χ0) is 13.1. The van der Waals surface area contributed by atoms with Crippen LogP contribution in [0.5, 0.6) is 0 Å². The van der Waals surface area contributed by atoms with Crippen molar-refractivity contribution in [3.05, 3.63) is 27.4 Å². The van der Waals surface area contributed by atoms with Gasteiger partial charge in [-0.2, -0.15) is 22.7 Å². The summed E-state index contributed by atoms with van der Waals surface area (Å²) >= 11 is 0. The van der Waals surface area contributed by atoms with E-state index in [9.17, 15) is 18.0 Å². The number of nitrogens with zero attached hydrogens (tertiary/aromatic N) is 3. The number of fused-ring (bicyclic) bond motifs is 1. The second kappa shape index (κ2) is 3.33. The van der Waals surface area contributed by atoms with Gasteiger partial charge in [-0.15, -0.1) is 0 Å². The van der Waals surface area contributed by atoms with Gasteiger partial charge in [0.2, 0.25) is 0 Å². The fourth-order valence-electron chi connectivity index (χ4n) is 1.83. The Labute approximate surface area is 98.7 Å². The summed E-state index contributed by atoms with van der Waals surface area (Å²) in [5, 5.41) is 2.71. The van der Waals surface area contributed by atoms with Crippen LogP contribution in [0.2, 0.25) is 0 Å². The largest absolute Gasteiger partial charge is 0.433 e. The zero-order valence-electron chi connectivity index (χ0n) is 9.38. The van der Waals surface area contributed by atoms with Crippen LogP contribution in [-0.2, 0) is 6.18 Å². The maximum absolute atomic E-state index is 12.7. The Morgan fingerprint density at radius 2 is 2.00 bits per heavy atom. The summed E-state index contributed by atoms with van der Waals surface area (Å²) in [6.45, 7) is 1.11. The van der Waals surface area contributed by atoms with Gasteiger partial charge in [0.25, 0.3) is 11.3 Å². The monoisotopic (exact) mass is 258 g/mol. The lowest BCUT2D eigenvalue weighted by atomic mass is 10.2. The molecular formula is C10H9F3N4O. The van der Waals surface area contributed by atoms with Crippen molar-refractivity contribution in [2.45, 2.75) is 31.9 Å². The molecule has 0 aliphatic heterocycles. The van der Waals surface area contributed by atoms with E-state index in [0.29, 0.717) is 5.82 Å². The molecule has 5 nitrogen and oxygen atoms in total. The Hall–Kier alpha value is -1.86. The van der Waals surface area contributed by atoms with E-state index in [1.165, 1.54) is 0 Å². The van der Waals surface area contributed by atoms with Crippen LogP contribution in [0.4, 0.5) is 13.2 Å². The van der Waals surface area contributed by atoms with Crippen LogP contribution in [0.1, 0.15) is 35.8 Å². The Balaban J connectivity index is 2.29. The van der Waals surface area contributed by atoms with Gasteiger partial charge in [-0.25, -0.2) is 4.98 Å². The number of rotatable bonds is 1. The molecule has 1 N–H and O–H groups in total. The molecule has 8 heteroatoms. The third-order valence-electron chi connectivity index (χ3n) is 2.97. The van der Waals surface area contributed by atoms with Crippen LogP contribution >= 0.6 is 0 Å². The molecule has 96 valence electrons. The normalized spacial score (nSPS) is 16.4. The van der Waals surface area contributed by atoms with E-state index >= 15 is 0 Å². The molecule has 0 unspecified atom stereocenters. The maximum Gasteiger partial charge on any atom is 0.433 e. The fourth-order valence-corrected chi connectivity index (χ4v) is 1.83. The van der Waals surface area contributed by atoms with E-state index in [0.717, 1.165) is 24.3 Å². The van der Waals surface area contributed by atoms with Gasteiger partial charge in [0.15, 0.2) is 5.69 Å². The average Bonchev–Trinajstić information content (AvgIpc) is 3.02. The third-order valence-corrected chi connectivity index (χ3v) is 2.97. The first kappa shape index (κ1) is 11.2. The summed E-state index contributed by atoms with van der Waals surface area (Å²) < 4.78 is 39.0. The lowest BCUT2D eigenvalue weighted by Crippen LogP contribution is -2.24. The van der Waals surface area contributed by atoms with Crippen molar-refractivity contribution >= 4 is 5.78 Å². The number of hydrogen-bond donors (Lipinski definition) is 1. The number of alkyl halides is 3. The van der Waals surface area contributed by atoms with Gasteiger partial charge >= 0.3 is 6.18 Å². The molecule has 0 aromatic carbocycles. The molecule has 1 aliphatic carbocycles. The topological polar surface area (TPSA) is 63.1 Å². The van der Waals surface area contributed by atoms with Gasteiger partial charge < -0.3 is 0 Å². The van der Waals surface area contributed by atoms with Gasteiger partial charge in [-0.05, 0) is 19.8 Å². The first-order chi connectivity index (χ1) is 8.38. The second-order valence-corrected chi connectivity index (χ2v) is 4.41. The van der Waals surface area contributed by atoms with E-state index < -0.39 is 23.0 Å². The van der Waals surface area contributed by atoms with E-state index in [-0.39, 0.29) is 11.7 Å². The summed E-state index contributed by atoms with van der Waals surface area (Å²) in [4.78, 5) is 19.2. The predicted octanol–water partition coefficient (Wildman–Crippen LogP) is 1.62. The zero-order valence-corrected chi connectivity index (χ0v) is 9.38. The molecule has 0 bridgehead atoms. The van der Waals surface area contributed by atoms with E-state index in [4.69, 9.17) is 0 Å². The SMILES string of the molecule is Cc1c(C(F)(F)F)nc2nc(C3CC3)[nH]n2c1=O. The van der Waals surface area contributed by atoms with Crippen molar-refractivity contribution in [2.75, 3.05) is 0 Å². The Bertz CT molecular complexity index is 681. The molecule has 2 aromatic heterocycles. The molecule has 18 heavy (non-hydrogen) atoms. The van der Waals surface area contributed by atoms with Crippen LogP contribution in [-0.4, -0.2) is 19.6 Å². The highest BCUT2D eigenvalue weighted by molar-refractivity contribution is 5.34. The standard InChI is InChI=1S/C10H9F3N4O/c1-4-6(10(11,12)13)14-9-15-7(5-2-3-5)16-17(9)8(4)18/h5H,2-3H2,1H3,(H,14,15,16). The highest BCUT2D eigenvalue weighted by Gasteiger charge is 2.37. The van der Waals surface area contributed by atoms with Gasteiger partial charge in [0.1, 0.15) is 5.82 Å². The minimum Gasteiger partial charge on any atom is -0.275 e. The lowest BCUT2D eigenvalue weighted by molar-refractivity contribution is -0.141. The Morgan fingerprint density at radius 1 is 1.33 bits per heavy atom. The van der Waals surface area contributed by atoms with Gasteiger partial charge in [-0.1, -0.05) is 0 Å². The minimum atomic E-state index is -4.64. The molecule has 0 radical (unpaired) electrons. The average molecular weight is 258 g/mol. The number of H-pyrrole nitrogens is 1. The Kier molecular flexibility index (Phi) is 2.08. The maximum atomic E-state index is 12.7. The van der Waals surface area contributed by atoms with Gasteiger partial charge in [-0.3, -0.25) is 9.89 Å². The number of aromatic nitrogens is 4. The van der Waals surface area contributed by atoms with Gasteiger partial charge in [0.05, 0.1) is 0 Å². The molecule has 3 rings (SSSR count). The number of aromatic amines is 1. The highest BCUT2D eigenvalue weighted by Crippen LogP contribution is 2.38. The molecule has 0 amide bonds. The second-order valence-electron chi connectivity index (χ2n) is 4.41. The molecular weight excluding hydrogens is 249 g/mol. The quantitative estimate of drug-likeness (QED) is 0.845. The molecule has 0 spiro atoms. The molecule has 1 saturated carbocycles. The van der Waals surface area contributed by atoms with Crippen molar-refractivity contribution in [3.63, 3.8) is 0 Å². The van der Waals surface area contributed by atoms with Crippen LogP contribution in [0, 0.1) is 6.92 Å².